The third-order valence-corrected chi connectivity index (χ3v) is 4.47. The number of rotatable bonds is 7. The van der Waals surface area contributed by atoms with E-state index in [1.807, 2.05) is 0 Å². The van der Waals surface area contributed by atoms with Crippen LogP contribution in [0.2, 0.25) is 0 Å². The number of halogens is 3. The van der Waals surface area contributed by atoms with Crippen LogP contribution in [-0.4, -0.2) is 36.2 Å². The predicted octanol–water partition coefficient (Wildman–Crippen LogP) is 2.96. The van der Waals surface area contributed by atoms with Gasteiger partial charge in [0.25, 0.3) is 0 Å². The van der Waals surface area contributed by atoms with E-state index in [0.29, 0.717) is 24.3 Å². The second-order valence-electron chi connectivity index (χ2n) is 6.43. The molecule has 0 aromatic heterocycles. The highest BCUT2D eigenvalue weighted by Crippen LogP contribution is 2.37. The van der Waals surface area contributed by atoms with Crippen molar-refractivity contribution in [3.63, 3.8) is 0 Å². The number of para-hydroxylation sites is 1. The fourth-order valence-corrected chi connectivity index (χ4v) is 3.03. The number of hydrogen-bond donors (Lipinski definition) is 2. The lowest BCUT2D eigenvalue weighted by atomic mass is 10.1. The molecule has 2 aromatic carbocycles. The molecule has 0 bridgehead atoms. The number of carbonyl (C=O) groups is 1. The normalized spacial score (nSPS) is 19.4. The molecule has 0 aliphatic carbocycles. The van der Waals surface area contributed by atoms with Gasteiger partial charge in [-0.1, -0.05) is 24.3 Å². The molecule has 1 heterocycles. The smallest absolute Gasteiger partial charge is 0.419 e. The van der Waals surface area contributed by atoms with Crippen molar-refractivity contribution in [2.75, 3.05) is 13.2 Å². The lowest BCUT2D eigenvalue weighted by Gasteiger charge is -2.22. The summed E-state index contributed by atoms with van der Waals surface area (Å²) in [6.45, 7) is 0.126. The van der Waals surface area contributed by atoms with Crippen molar-refractivity contribution >= 4 is 5.78 Å². The Morgan fingerprint density at radius 1 is 1.14 bits per heavy atom. The maximum Gasteiger partial charge on any atom is 0.419 e. The first-order valence-corrected chi connectivity index (χ1v) is 8.80. The minimum absolute atomic E-state index is 0.0936. The van der Waals surface area contributed by atoms with E-state index in [1.54, 1.807) is 24.3 Å². The number of benzene rings is 2. The molecule has 1 aliphatic heterocycles. The number of nitrogens with one attached hydrogen (secondary N) is 1. The molecule has 0 radical (unpaired) electrons. The van der Waals surface area contributed by atoms with E-state index in [1.165, 1.54) is 18.2 Å². The van der Waals surface area contributed by atoms with Crippen LogP contribution in [-0.2, 0) is 17.6 Å². The first-order chi connectivity index (χ1) is 13.4. The average Bonchev–Trinajstić information content (AvgIpc) is 3.14. The number of ether oxygens (including phenoxy) is 2. The molecule has 2 N–H and O–H groups in total. The summed E-state index contributed by atoms with van der Waals surface area (Å²) in [4.78, 5) is 12.5. The third kappa shape index (κ3) is 4.82. The van der Waals surface area contributed by atoms with Crippen LogP contribution in [0.4, 0.5) is 13.2 Å². The molecule has 5 nitrogen and oxygen atoms in total. The Hall–Kier alpha value is -2.58. The maximum atomic E-state index is 13.1. The molecule has 0 spiro atoms. The number of hydrogen-bond acceptors (Lipinski definition) is 5. The Kier molecular flexibility index (Phi) is 6.21. The molecule has 2 unspecified atom stereocenters. The minimum atomic E-state index is -4.54. The van der Waals surface area contributed by atoms with Gasteiger partial charge in [-0.25, -0.2) is 0 Å². The Bertz CT molecular complexity index is 808. The number of aliphatic hydroxyl groups excluding tert-OH is 1. The number of ketones is 1. The van der Waals surface area contributed by atoms with Gasteiger partial charge in [-0.15, -0.1) is 0 Å². The monoisotopic (exact) mass is 395 g/mol. The van der Waals surface area contributed by atoms with Gasteiger partial charge in [0.1, 0.15) is 30.3 Å². The molecule has 1 aliphatic rings. The lowest BCUT2D eigenvalue weighted by Crippen LogP contribution is -2.43. The number of aliphatic hydroxyl groups is 1. The van der Waals surface area contributed by atoms with Crippen LogP contribution in [0.15, 0.2) is 48.5 Å². The van der Waals surface area contributed by atoms with E-state index >= 15 is 0 Å². The molecule has 0 amide bonds. The zero-order chi connectivity index (χ0) is 20.1. The van der Waals surface area contributed by atoms with E-state index in [9.17, 15) is 18.0 Å². The summed E-state index contributed by atoms with van der Waals surface area (Å²) in [6.07, 6.45) is -4.84. The molecule has 0 saturated carbocycles. The SMILES string of the molecule is O=C(COc1ccc(CO)cc1)C1NCCC1Oc1ccccc1C(F)(F)F. The van der Waals surface area contributed by atoms with Gasteiger partial charge in [0.2, 0.25) is 0 Å². The minimum Gasteiger partial charge on any atom is -0.488 e. The van der Waals surface area contributed by atoms with Crippen LogP contribution >= 0.6 is 0 Å². The molecular formula is C20H20F3NO4. The standard InChI is InChI=1S/C20H20F3NO4/c21-20(22,23)15-3-1-2-4-17(15)28-18-9-10-24-19(18)16(26)12-27-14-7-5-13(11-25)6-8-14/h1-8,18-19,24-25H,9-12H2. The molecule has 2 atom stereocenters. The van der Waals surface area contributed by atoms with Crippen LogP contribution in [0.5, 0.6) is 11.5 Å². The fourth-order valence-electron chi connectivity index (χ4n) is 3.03. The van der Waals surface area contributed by atoms with Crippen LogP contribution in [0.1, 0.15) is 17.5 Å². The Balaban J connectivity index is 1.63. The zero-order valence-electron chi connectivity index (χ0n) is 14.9. The number of carbonyl (C=O) groups excluding carboxylic acids is 1. The van der Waals surface area contributed by atoms with Gasteiger partial charge in [0, 0.05) is 0 Å². The summed E-state index contributed by atoms with van der Waals surface area (Å²) in [5.74, 6) is -0.135. The summed E-state index contributed by atoms with van der Waals surface area (Å²) >= 11 is 0. The largest absolute Gasteiger partial charge is 0.488 e. The first kappa shape index (κ1) is 20.2. The van der Waals surface area contributed by atoms with Crippen LogP contribution < -0.4 is 14.8 Å². The maximum absolute atomic E-state index is 13.1. The van der Waals surface area contributed by atoms with Crippen molar-refractivity contribution in [2.45, 2.75) is 31.3 Å². The van der Waals surface area contributed by atoms with Crippen LogP contribution in [0.3, 0.4) is 0 Å². The summed E-state index contributed by atoms with van der Waals surface area (Å²) in [7, 11) is 0. The first-order valence-electron chi connectivity index (χ1n) is 8.80. The van der Waals surface area contributed by atoms with Gasteiger partial charge < -0.3 is 19.9 Å². The molecule has 28 heavy (non-hydrogen) atoms. The van der Waals surface area contributed by atoms with Crippen LogP contribution in [0.25, 0.3) is 0 Å². The zero-order valence-corrected chi connectivity index (χ0v) is 14.9. The van der Waals surface area contributed by atoms with Gasteiger partial charge in [-0.2, -0.15) is 13.2 Å². The third-order valence-electron chi connectivity index (χ3n) is 4.47. The summed E-state index contributed by atoms with van der Waals surface area (Å²) < 4.78 is 50.4. The van der Waals surface area contributed by atoms with Crippen LogP contribution in [0, 0.1) is 0 Å². The second-order valence-corrected chi connectivity index (χ2v) is 6.43. The molecule has 150 valence electrons. The van der Waals surface area contributed by atoms with Gasteiger partial charge in [-0.05, 0) is 42.8 Å². The molecular weight excluding hydrogens is 375 g/mol. The highest BCUT2D eigenvalue weighted by Gasteiger charge is 2.38. The van der Waals surface area contributed by atoms with E-state index in [0.717, 1.165) is 6.07 Å². The predicted molar refractivity (Wildman–Crippen MR) is 95.1 cm³/mol. The summed E-state index contributed by atoms with van der Waals surface area (Å²) in [6, 6.07) is 10.8. The van der Waals surface area contributed by atoms with Crippen molar-refractivity contribution in [2.24, 2.45) is 0 Å². The van der Waals surface area contributed by atoms with Gasteiger partial charge in [0.15, 0.2) is 5.78 Å². The topological polar surface area (TPSA) is 67.8 Å². The highest BCUT2D eigenvalue weighted by molar-refractivity contribution is 5.86. The Morgan fingerprint density at radius 3 is 2.54 bits per heavy atom. The Labute approximate surface area is 160 Å². The second kappa shape index (κ2) is 8.62. The van der Waals surface area contributed by atoms with E-state index < -0.39 is 23.9 Å². The molecule has 8 heteroatoms. The van der Waals surface area contributed by atoms with Crippen molar-refractivity contribution in [3.8, 4) is 11.5 Å². The molecule has 1 saturated heterocycles. The fraction of sp³-hybridized carbons (Fsp3) is 0.350. The van der Waals surface area contributed by atoms with Gasteiger partial charge >= 0.3 is 6.18 Å². The van der Waals surface area contributed by atoms with Crippen molar-refractivity contribution in [1.82, 2.24) is 5.32 Å². The number of alkyl halides is 3. The Morgan fingerprint density at radius 2 is 1.86 bits per heavy atom. The van der Waals surface area contributed by atoms with Gasteiger partial charge in [0.05, 0.1) is 12.2 Å². The lowest BCUT2D eigenvalue weighted by molar-refractivity contribution is -0.139. The van der Waals surface area contributed by atoms with Crippen molar-refractivity contribution < 1.29 is 32.5 Å². The quantitative estimate of drug-likeness (QED) is 0.755. The van der Waals surface area contributed by atoms with Crippen molar-refractivity contribution in [1.29, 1.82) is 0 Å². The van der Waals surface area contributed by atoms with Crippen molar-refractivity contribution in [3.05, 3.63) is 59.7 Å². The molecule has 2 aromatic rings. The highest BCUT2D eigenvalue weighted by atomic mass is 19.4. The van der Waals surface area contributed by atoms with E-state index in [2.05, 4.69) is 5.32 Å². The summed E-state index contributed by atoms with van der Waals surface area (Å²) in [5, 5.41) is 12.0. The average molecular weight is 395 g/mol. The molecule has 3 rings (SSSR count). The van der Waals surface area contributed by atoms with Gasteiger partial charge in [-0.3, -0.25) is 4.79 Å². The number of Topliss-reactive ketones (excluding diaryl/α,β-unsaturated/α-hetero) is 1. The molecule has 1 fully saturated rings. The van der Waals surface area contributed by atoms with E-state index in [4.69, 9.17) is 14.6 Å². The summed E-state index contributed by atoms with van der Waals surface area (Å²) in [5.41, 5.74) is -0.152. The van der Waals surface area contributed by atoms with E-state index in [-0.39, 0.29) is 24.7 Å².